The van der Waals surface area contributed by atoms with Crippen molar-refractivity contribution in [3.63, 3.8) is 0 Å². The molecule has 6 heteroatoms. The van der Waals surface area contributed by atoms with Gasteiger partial charge in [0.25, 0.3) is 5.91 Å². The lowest BCUT2D eigenvalue weighted by atomic mass is 9.78. The van der Waals surface area contributed by atoms with Crippen molar-refractivity contribution in [1.29, 1.82) is 0 Å². The fourth-order valence-electron chi connectivity index (χ4n) is 4.24. The van der Waals surface area contributed by atoms with E-state index in [0.717, 1.165) is 50.3 Å². The Morgan fingerprint density at radius 1 is 1.18 bits per heavy atom. The van der Waals surface area contributed by atoms with E-state index in [9.17, 15) is 4.79 Å². The normalized spacial score (nSPS) is 18.1. The van der Waals surface area contributed by atoms with Gasteiger partial charge in [0.15, 0.2) is 5.76 Å². The van der Waals surface area contributed by atoms with Crippen molar-refractivity contribution in [3.8, 4) is 5.75 Å². The molecule has 5 nitrogen and oxygen atoms in total. The summed E-state index contributed by atoms with van der Waals surface area (Å²) in [6.07, 6.45) is 3.39. The fourth-order valence-corrected chi connectivity index (χ4v) is 4.24. The lowest BCUT2D eigenvalue weighted by Crippen LogP contribution is -2.43. The molecule has 1 aromatic heterocycles. The number of rotatable bonds is 4. The second kappa shape index (κ2) is 8.58. The number of piperidine rings is 1. The Morgan fingerprint density at radius 3 is 2.64 bits per heavy atom. The highest BCUT2D eigenvalue weighted by Crippen LogP contribution is 2.37. The van der Waals surface area contributed by atoms with Crippen LogP contribution in [-0.4, -0.2) is 37.0 Å². The highest BCUT2D eigenvalue weighted by molar-refractivity contribution is 5.91. The molecule has 0 atom stereocenters. The van der Waals surface area contributed by atoms with Gasteiger partial charge in [-0.05, 0) is 68.8 Å². The summed E-state index contributed by atoms with van der Waals surface area (Å²) in [7, 11) is 0. The van der Waals surface area contributed by atoms with Crippen molar-refractivity contribution in [2.75, 3.05) is 26.2 Å². The zero-order valence-electron chi connectivity index (χ0n) is 16.6. The number of aryl methyl sites for hydroxylation is 2. The van der Waals surface area contributed by atoms with Gasteiger partial charge in [-0.3, -0.25) is 4.79 Å². The molecule has 2 saturated heterocycles. The van der Waals surface area contributed by atoms with Gasteiger partial charge in [0.1, 0.15) is 18.1 Å². The molecule has 1 N–H and O–H groups in total. The highest BCUT2D eigenvalue weighted by Gasteiger charge is 2.38. The minimum Gasteiger partial charge on any atom is -0.485 e. The van der Waals surface area contributed by atoms with Crippen LogP contribution in [0, 0.1) is 19.3 Å². The number of carbonyl (C=O) groups excluding carboxylic acids is 1. The zero-order valence-corrected chi connectivity index (χ0v) is 17.4. The van der Waals surface area contributed by atoms with E-state index in [1.54, 1.807) is 6.07 Å². The molecule has 28 heavy (non-hydrogen) atoms. The number of nitrogens with one attached hydrogen (secondary N) is 1. The smallest absolute Gasteiger partial charge is 0.289 e. The Bertz CT molecular complexity index is 817. The number of hydrogen-bond acceptors (Lipinski definition) is 4. The van der Waals surface area contributed by atoms with Crippen LogP contribution in [0.2, 0.25) is 0 Å². The number of hydrogen-bond donors (Lipinski definition) is 1. The summed E-state index contributed by atoms with van der Waals surface area (Å²) >= 11 is 0. The predicted molar refractivity (Wildman–Crippen MR) is 111 cm³/mol. The summed E-state index contributed by atoms with van der Waals surface area (Å²) in [5.41, 5.74) is 2.72. The van der Waals surface area contributed by atoms with Crippen molar-refractivity contribution < 1.29 is 13.9 Å². The first-order valence-electron chi connectivity index (χ1n) is 9.83. The molecule has 2 aliphatic heterocycles. The topological polar surface area (TPSA) is 54.7 Å². The molecule has 0 aliphatic carbocycles. The second-order valence-electron chi connectivity index (χ2n) is 8.04. The molecule has 0 saturated carbocycles. The van der Waals surface area contributed by atoms with E-state index in [4.69, 9.17) is 9.15 Å². The molecular weight excluding hydrogens is 376 g/mol. The number of carbonyl (C=O) groups is 1. The summed E-state index contributed by atoms with van der Waals surface area (Å²) in [6, 6.07) is 9.70. The maximum Gasteiger partial charge on any atom is 0.289 e. The maximum absolute atomic E-state index is 12.8. The first kappa shape index (κ1) is 20.7. The monoisotopic (exact) mass is 404 g/mol. The van der Waals surface area contributed by atoms with Crippen molar-refractivity contribution in [1.82, 2.24) is 10.2 Å². The van der Waals surface area contributed by atoms with Gasteiger partial charge in [-0.15, -0.1) is 12.4 Å². The van der Waals surface area contributed by atoms with Gasteiger partial charge in [0, 0.05) is 19.6 Å². The summed E-state index contributed by atoms with van der Waals surface area (Å²) in [5.74, 6) is 1.92. The third-order valence-corrected chi connectivity index (χ3v) is 6.02. The largest absolute Gasteiger partial charge is 0.485 e. The molecule has 1 aromatic carbocycles. The van der Waals surface area contributed by atoms with Crippen LogP contribution in [0.1, 0.15) is 46.7 Å². The minimum atomic E-state index is -0.00595. The van der Waals surface area contributed by atoms with Crippen molar-refractivity contribution >= 4 is 18.3 Å². The summed E-state index contributed by atoms with van der Waals surface area (Å²) in [4.78, 5) is 14.7. The summed E-state index contributed by atoms with van der Waals surface area (Å²) in [5, 5.41) is 3.46. The van der Waals surface area contributed by atoms with Crippen molar-refractivity contribution in [3.05, 3.63) is 53.0 Å². The molecule has 1 amide bonds. The average molecular weight is 405 g/mol. The summed E-state index contributed by atoms with van der Waals surface area (Å²) in [6.45, 7) is 8.25. The number of ether oxygens (including phenoxy) is 1. The van der Waals surface area contributed by atoms with Crippen molar-refractivity contribution in [2.45, 2.75) is 39.7 Å². The van der Waals surface area contributed by atoms with Gasteiger partial charge in [0.2, 0.25) is 0 Å². The fraction of sp³-hybridized carbons (Fsp3) is 0.500. The van der Waals surface area contributed by atoms with Crippen LogP contribution in [0.4, 0.5) is 0 Å². The molecule has 3 heterocycles. The van der Waals surface area contributed by atoms with Crippen LogP contribution in [0.25, 0.3) is 0 Å². The lowest BCUT2D eigenvalue weighted by Gasteiger charge is -2.38. The van der Waals surface area contributed by atoms with Crippen LogP contribution in [0.15, 0.2) is 34.7 Å². The van der Waals surface area contributed by atoms with E-state index in [1.807, 2.05) is 30.0 Å². The van der Waals surface area contributed by atoms with E-state index in [0.29, 0.717) is 23.5 Å². The highest BCUT2D eigenvalue weighted by atomic mass is 35.5. The first-order valence-corrected chi connectivity index (χ1v) is 9.83. The zero-order chi connectivity index (χ0) is 18.9. The first-order chi connectivity index (χ1) is 13.0. The Morgan fingerprint density at radius 2 is 1.96 bits per heavy atom. The molecule has 0 radical (unpaired) electrons. The molecule has 2 aliphatic rings. The molecule has 2 fully saturated rings. The van der Waals surface area contributed by atoms with Gasteiger partial charge >= 0.3 is 0 Å². The number of nitrogens with zero attached hydrogens (tertiary/aromatic N) is 1. The van der Waals surface area contributed by atoms with Gasteiger partial charge in [-0.25, -0.2) is 0 Å². The molecule has 0 unspecified atom stereocenters. The van der Waals surface area contributed by atoms with Crippen LogP contribution in [-0.2, 0) is 6.61 Å². The third-order valence-electron chi connectivity index (χ3n) is 6.02. The number of halogens is 1. The Labute approximate surface area is 172 Å². The van der Waals surface area contributed by atoms with Gasteiger partial charge in [-0.2, -0.15) is 0 Å². The van der Waals surface area contributed by atoms with E-state index >= 15 is 0 Å². The standard InChI is InChI=1S/C22H28N2O3.ClH/c1-16-3-5-19(17(2)13-16)26-14-18-4-6-20(27-18)21(25)24-11-8-22(9-12-24)7-10-23-15-22;/h3-6,13,23H,7-12,14-15H2,1-2H3;1H. The van der Waals surface area contributed by atoms with Crippen LogP contribution < -0.4 is 10.1 Å². The van der Waals surface area contributed by atoms with E-state index in [-0.39, 0.29) is 18.3 Å². The lowest BCUT2D eigenvalue weighted by molar-refractivity contribution is 0.0573. The molecular formula is C22H29ClN2O3. The second-order valence-corrected chi connectivity index (χ2v) is 8.04. The maximum atomic E-state index is 12.8. The quantitative estimate of drug-likeness (QED) is 0.833. The van der Waals surface area contributed by atoms with Gasteiger partial charge in [-0.1, -0.05) is 17.7 Å². The van der Waals surface area contributed by atoms with Crippen LogP contribution in [0.5, 0.6) is 5.75 Å². The van der Waals surface area contributed by atoms with Gasteiger partial charge in [0.05, 0.1) is 0 Å². The van der Waals surface area contributed by atoms with Gasteiger partial charge < -0.3 is 19.4 Å². The SMILES string of the molecule is Cc1ccc(OCc2ccc(C(=O)N3CCC4(CCNC4)CC3)o2)c(C)c1.Cl. The number of amides is 1. The van der Waals surface area contributed by atoms with Crippen LogP contribution >= 0.6 is 12.4 Å². The Kier molecular flexibility index (Phi) is 6.36. The summed E-state index contributed by atoms with van der Waals surface area (Å²) < 4.78 is 11.6. The van der Waals surface area contributed by atoms with E-state index in [1.165, 1.54) is 12.0 Å². The Balaban J connectivity index is 0.00000225. The molecule has 4 rings (SSSR count). The number of benzene rings is 1. The number of furan rings is 1. The van der Waals surface area contributed by atoms with E-state index in [2.05, 4.69) is 18.3 Å². The third kappa shape index (κ3) is 4.36. The minimum absolute atomic E-state index is 0. The molecule has 1 spiro atoms. The molecule has 0 bridgehead atoms. The average Bonchev–Trinajstić information content (AvgIpc) is 3.31. The molecule has 2 aromatic rings. The predicted octanol–water partition coefficient (Wildman–Crippen LogP) is 4.11. The molecule has 152 valence electrons. The van der Waals surface area contributed by atoms with Crippen molar-refractivity contribution in [2.24, 2.45) is 5.41 Å². The van der Waals surface area contributed by atoms with E-state index < -0.39 is 0 Å². The van der Waals surface area contributed by atoms with Crippen LogP contribution in [0.3, 0.4) is 0 Å². The number of likely N-dealkylation sites (tertiary alicyclic amines) is 1. The Hall–Kier alpha value is -1.98.